The summed E-state index contributed by atoms with van der Waals surface area (Å²) in [5, 5.41) is 7.54. The van der Waals surface area contributed by atoms with Crippen molar-refractivity contribution in [2.75, 3.05) is 18.6 Å². The quantitative estimate of drug-likeness (QED) is 0.197. The van der Waals surface area contributed by atoms with Gasteiger partial charge in [0.25, 0.3) is 32.9 Å². The number of benzene rings is 3. The van der Waals surface area contributed by atoms with Gasteiger partial charge in [0.2, 0.25) is 5.01 Å². The zero-order valence-electron chi connectivity index (χ0n) is 26.7. The highest BCUT2D eigenvalue weighted by Gasteiger charge is 2.36. The zero-order valence-corrected chi connectivity index (χ0v) is 28.4. The summed E-state index contributed by atoms with van der Waals surface area (Å²) in [6.07, 6.45) is -2.68. The lowest BCUT2D eigenvalue weighted by Gasteiger charge is -2.26. The predicted octanol–water partition coefficient (Wildman–Crippen LogP) is 5.22. The highest BCUT2D eigenvalue weighted by atomic mass is 32.2. The van der Waals surface area contributed by atoms with Gasteiger partial charge in [-0.15, -0.1) is 5.10 Å². The van der Waals surface area contributed by atoms with Crippen molar-refractivity contribution < 1.29 is 49.8 Å². The molecule has 3 amide bonds. The SMILES string of the molecule is CC(C)N(C(=O)COc1nnc(C(F)(F)F)s1)c1ccc(F)cc1.COc1ccccc1C(=O)NS(=O)(=O)c1ccc(C(=O)NC2CC2)cc1. The van der Waals surface area contributed by atoms with Crippen molar-refractivity contribution in [2.45, 2.75) is 49.8 Å². The van der Waals surface area contributed by atoms with Crippen LogP contribution in [0.2, 0.25) is 0 Å². The average molecular weight is 738 g/mol. The van der Waals surface area contributed by atoms with Gasteiger partial charge >= 0.3 is 6.18 Å². The normalized spacial score (nSPS) is 12.7. The summed E-state index contributed by atoms with van der Waals surface area (Å²) >= 11 is 0.210. The molecule has 50 heavy (non-hydrogen) atoms. The van der Waals surface area contributed by atoms with Crippen LogP contribution in [-0.2, 0) is 21.0 Å². The molecule has 0 radical (unpaired) electrons. The Morgan fingerprint density at radius 3 is 2.16 bits per heavy atom. The summed E-state index contributed by atoms with van der Waals surface area (Å²) in [7, 11) is -2.68. The van der Waals surface area contributed by atoms with Gasteiger partial charge in [0.1, 0.15) is 11.6 Å². The predicted molar refractivity (Wildman–Crippen MR) is 174 cm³/mol. The highest BCUT2D eigenvalue weighted by Crippen LogP contribution is 2.34. The molecule has 5 rings (SSSR count). The number of rotatable bonds is 11. The third-order valence-corrected chi connectivity index (χ3v) is 9.00. The van der Waals surface area contributed by atoms with Gasteiger partial charge < -0.3 is 19.7 Å². The molecule has 0 atom stereocenters. The molecule has 1 aromatic heterocycles. The molecular formula is C32H31F4N5O7S2. The topological polar surface area (TPSA) is 157 Å². The number of carbonyl (C=O) groups excluding carboxylic acids is 3. The Kier molecular flexibility index (Phi) is 12.1. The summed E-state index contributed by atoms with van der Waals surface area (Å²) in [6, 6.07) is 17.0. The fraction of sp³-hybridized carbons (Fsp3) is 0.281. The zero-order chi connectivity index (χ0) is 36.6. The molecule has 18 heteroatoms. The van der Waals surface area contributed by atoms with Crippen LogP contribution in [0, 0.1) is 5.82 Å². The molecular weight excluding hydrogens is 707 g/mol. The highest BCUT2D eigenvalue weighted by molar-refractivity contribution is 7.90. The first kappa shape index (κ1) is 37.7. The van der Waals surface area contributed by atoms with E-state index in [2.05, 4.69) is 15.5 Å². The summed E-state index contributed by atoms with van der Waals surface area (Å²) in [4.78, 5) is 37.8. The monoisotopic (exact) mass is 737 g/mol. The van der Waals surface area contributed by atoms with E-state index in [1.807, 2.05) is 4.72 Å². The van der Waals surface area contributed by atoms with Gasteiger partial charge in [0.05, 0.1) is 17.6 Å². The Labute approximate surface area is 288 Å². The van der Waals surface area contributed by atoms with E-state index in [-0.39, 0.29) is 50.7 Å². The Hall–Kier alpha value is -5.10. The maximum Gasteiger partial charge on any atom is 0.445 e. The number of amides is 3. The molecule has 12 nitrogen and oxygen atoms in total. The van der Waals surface area contributed by atoms with Gasteiger partial charge in [-0.3, -0.25) is 14.4 Å². The van der Waals surface area contributed by atoms with Gasteiger partial charge in [-0.1, -0.05) is 28.6 Å². The van der Waals surface area contributed by atoms with Crippen LogP contribution in [0.5, 0.6) is 10.9 Å². The minimum absolute atomic E-state index is 0.108. The van der Waals surface area contributed by atoms with Gasteiger partial charge in [-0.25, -0.2) is 17.5 Å². The van der Waals surface area contributed by atoms with Crippen molar-refractivity contribution in [1.82, 2.24) is 20.2 Å². The second-order valence-electron chi connectivity index (χ2n) is 10.9. The Bertz CT molecular complexity index is 1920. The number of hydrogen-bond acceptors (Lipinski definition) is 10. The minimum atomic E-state index is -4.61. The first-order chi connectivity index (χ1) is 23.6. The average Bonchev–Trinajstić information content (AvgIpc) is 3.75. The first-order valence-electron chi connectivity index (χ1n) is 14.8. The van der Waals surface area contributed by atoms with E-state index in [1.165, 1.54) is 66.6 Å². The molecule has 3 aromatic carbocycles. The molecule has 4 aromatic rings. The summed E-state index contributed by atoms with van der Waals surface area (Å²) < 4.78 is 87.2. The van der Waals surface area contributed by atoms with Crippen LogP contribution >= 0.6 is 11.3 Å². The lowest BCUT2D eigenvalue weighted by Crippen LogP contribution is -2.40. The molecule has 1 aliphatic carbocycles. The number of aromatic nitrogens is 2. The Morgan fingerprint density at radius 2 is 1.60 bits per heavy atom. The van der Waals surface area contributed by atoms with E-state index in [1.54, 1.807) is 32.0 Å². The molecule has 0 spiro atoms. The van der Waals surface area contributed by atoms with E-state index in [4.69, 9.17) is 9.47 Å². The molecule has 0 saturated heterocycles. The van der Waals surface area contributed by atoms with Crippen LogP contribution in [0.1, 0.15) is 52.4 Å². The molecule has 0 bridgehead atoms. The fourth-order valence-electron chi connectivity index (χ4n) is 4.26. The van der Waals surface area contributed by atoms with Crippen LogP contribution < -0.4 is 24.4 Å². The van der Waals surface area contributed by atoms with E-state index < -0.39 is 45.4 Å². The van der Waals surface area contributed by atoms with Crippen molar-refractivity contribution in [3.8, 4) is 10.9 Å². The Morgan fingerprint density at radius 1 is 0.960 bits per heavy atom. The van der Waals surface area contributed by atoms with E-state index in [0.717, 1.165) is 12.8 Å². The number of para-hydroxylation sites is 1. The van der Waals surface area contributed by atoms with Crippen LogP contribution in [0.4, 0.5) is 23.2 Å². The number of ether oxygens (including phenoxy) is 2. The van der Waals surface area contributed by atoms with Crippen LogP contribution in [0.15, 0.2) is 77.7 Å². The largest absolute Gasteiger partial charge is 0.496 e. The minimum Gasteiger partial charge on any atom is -0.496 e. The molecule has 1 aliphatic rings. The van der Waals surface area contributed by atoms with Crippen molar-refractivity contribution in [3.05, 3.63) is 94.7 Å². The fourth-order valence-corrected chi connectivity index (χ4v) is 5.79. The number of alkyl halides is 3. The number of halogens is 4. The van der Waals surface area contributed by atoms with E-state index in [9.17, 15) is 40.4 Å². The number of hydrogen-bond donors (Lipinski definition) is 2. The van der Waals surface area contributed by atoms with E-state index >= 15 is 0 Å². The number of nitrogens with one attached hydrogen (secondary N) is 2. The number of anilines is 1. The van der Waals surface area contributed by atoms with Crippen molar-refractivity contribution in [3.63, 3.8) is 0 Å². The maximum absolute atomic E-state index is 13.0. The van der Waals surface area contributed by atoms with Gasteiger partial charge in [-0.05, 0) is 87.4 Å². The Balaban J connectivity index is 0.000000226. The summed E-state index contributed by atoms with van der Waals surface area (Å²) in [5.74, 6) is -1.71. The molecule has 1 saturated carbocycles. The maximum atomic E-state index is 13.0. The molecule has 266 valence electrons. The standard InChI is InChI=1S/C18H18N2O5S.C14H13F4N3O2S/c1-25-16-5-3-2-4-15(16)18(22)20-26(23,24)14-10-6-12(7-11-14)17(21)19-13-8-9-13;1-8(2)21(10-5-3-9(15)4-6-10)11(22)7-23-13-20-19-12(24-13)14(16,17)18/h2-7,10-11,13H,8-9H2,1H3,(H,19,21)(H,20,22);3-6,8H,7H2,1-2H3. The van der Waals surface area contributed by atoms with Gasteiger partial charge in [0.15, 0.2) is 6.61 Å². The van der Waals surface area contributed by atoms with Gasteiger partial charge in [0, 0.05) is 23.3 Å². The van der Waals surface area contributed by atoms with Crippen LogP contribution in [0.25, 0.3) is 0 Å². The lowest BCUT2D eigenvalue weighted by atomic mass is 10.2. The molecule has 1 heterocycles. The number of carbonyl (C=O) groups is 3. The lowest BCUT2D eigenvalue weighted by molar-refractivity contribution is -0.138. The van der Waals surface area contributed by atoms with Crippen molar-refractivity contribution >= 4 is 44.8 Å². The van der Waals surface area contributed by atoms with Crippen LogP contribution in [-0.4, -0.2) is 62.1 Å². The molecule has 1 fully saturated rings. The second kappa shape index (κ2) is 16.1. The molecule has 2 N–H and O–H groups in total. The van der Waals surface area contributed by atoms with Gasteiger partial charge in [-0.2, -0.15) is 13.2 Å². The molecule has 0 aliphatic heterocycles. The third kappa shape index (κ3) is 10.2. The number of nitrogens with zero attached hydrogens (tertiary/aromatic N) is 3. The number of methoxy groups -OCH3 is 1. The van der Waals surface area contributed by atoms with Crippen molar-refractivity contribution in [1.29, 1.82) is 0 Å². The van der Waals surface area contributed by atoms with Crippen LogP contribution in [0.3, 0.4) is 0 Å². The summed E-state index contributed by atoms with van der Waals surface area (Å²) in [6.45, 7) is 2.98. The molecule has 0 unspecified atom stereocenters. The summed E-state index contributed by atoms with van der Waals surface area (Å²) in [5.41, 5.74) is 0.930. The number of sulfonamides is 1. The van der Waals surface area contributed by atoms with E-state index in [0.29, 0.717) is 11.3 Å². The smallest absolute Gasteiger partial charge is 0.445 e. The second-order valence-corrected chi connectivity index (χ2v) is 13.5. The first-order valence-corrected chi connectivity index (χ1v) is 17.1. The third-order valence-electron chi connectivity index (χ3n) is 6.78. The van der Waals surface area contributed by atoms with Crippen molar-refractivity contribution in [2.24, 2.45) is 0 Å².